The molecular formula is C24H26N2O3S. The molecule has 0 bridgehead atoms. The Bertz CT molecular complexity index is 1110. The largest absolute Gasteiger partial charge is 0.337 e. The van der Waals surface area contributed by atoms with Crippen LogP contribution in [0.5, 0.6) is 0 Å². The van der Waals surface area contributed by atoms with Gasteiger partial charge in [-0.3, -0.25) is 9.10 Å². The van der Waals surface area contributed by atoms with Crippen LogP contribution in [0.2, 0.25) is 0 Å². The van der Waals surface area contributed by atoms with E-state index in [-0.39, 0.29) is 17.3 Å². The molecule has 0 unspecified atom stereocenters. The maximum atomic E-state index is 13.4. The molecule has 30 heavy (non-hydrogen) atoms. The van der Waals surface area contributed by atoms with Gasteiger partial charge in [0.05, 0.1) is 10.6 Å². The van der Waals surface area contributed by atoms with Crippen molar-refractivity contribution in [3.8, 4) is 0 Å². The Morgan fingerprint density at radius 1 is 0.900 bits per heavy atom. The normalized spacial score (nSPS) is 11.2. The van der Waals surface area contributed by atoms with E-state index >= 15 is 0 Å². The summed E-state index contributed by atoms with van der Waals surface area (Å²) >= 11 is 0. The van der Waals surface area contributed by atoms with Gasteiger partial charge < -0.3 is 4.90 Å². The third kappa shape index (κ3) is 4.54. The van der Waals surface area contributed by atoms with Crippen molar-refractivity contribution in [3.63, 3.8) is 0 Å². The van der Waals surface area contributed by atoms with Gasteiger partial charge in [-0.05, 0) is 49.2 Å². The summed E-state index contributed by atoms with van der Waals surface area (Å²) in [6.07, 6.45) is 0. The van der Waals surface area contributed by atoms with Crippen LogP contribution in [0.4, 0.5) is 5.69 Å². The number of rotatable bonds is 7. The molecule has 0 N–H and O–H groups in total. The highest BCUT2D eigenvalue weighted by Gasteiger charge is 2.26. The van der Waals surface area contributed by atoms with Gasteiger partial charge >= 0.3 is 0 Å². The molecule has 0 aliphatic rings. The van der Waals surface area contributed by atoms with Crippen LogP contribution in [0.1, 0.15) is 28.4 Å². The number of sulfonamides is 1. The van der Waals surface area contributed by atoms with Gasteiger partial charge in [-0.15, -0.1) is 0 Å². The fourth-order valence-electron chi connectivity index (χ4n) is 3.36. The number of nitrogens with zero attached hydrogens (tertiary/aromatic N) is 2. The van der Waals surface area contributed by atoms with Crippen LogP contribution >= 0.6 is 0 Å². The molecule has 0 heterocycles. The minimum absolute atomic E-state index is 0.146. The number of benzene rings is 3. The molecular weight excluding hydrogens is 396 g/mol. The van der Waals surface area contributed by atoms with E-state index < -0.39 is 10.0 Å². The van der Waals surface area contributed by atoms with Crippen LogP contribution in [0, 0.1) is 6.92 Å². The topological polar surface area (TPSA) is 57.7 Å². The number of carbonyl (C=O) groups is 1. The van der Waals surface area contributed by atoms with E-state index in [1.165, 1.54) is 10.4 Å². The predicted octanol–water partition coefficient (Wildman–Crippen LogP) is 4.48. The Hall–Kier alpha value is -3.12. The van der Waals surface area contributed by atoms with Crippen LogP contribution in [0.25, 0.3) is 0 Å². The van der Waals surface area contributed by atoms with Crippen molar-refractivity contribution in [1.82, 2.24) is 4.90 Å². The van der Waals surface area contributed by atoms with Crippen molar-refractivity contribution < 1.29 is 13.2 Å². The number of carbonyl (C=O) groups excluding carboxylic acids is 1. The maximum Gasteiger partial charge on any atom is 0.264 e. The van der Waals surface area contributed by atoms with Gasteiger partial charge in [-0.2, -0.15) is 0 Å². The zero-order valence-electron chi connectivity index (χ0n) is 17.4. The fourth-order valence-corrected chi connectivity index (χ4v) is 5.09. The lowest BCUT2D eigenvalue weighted by atomic mass is 10.1. The summed E-state index contributed by atoms with van der Waals surface area (Å²) in [6, 6.07) is 23.5. The fraction of sp³-hybridized carbons (Fsp3) is 0.208. The van der Waals surface area contributed by atoms with E-state index in [1.54, 1.807) is 62.2 Å². The molecule has 6 heteroatoms. The molecule has 1 amide bonds. The van der Waals surface area contributed by atoms with Crippen LogP contribution in [-0.2, 0) is 16.6 Å². The summed E-state index contributed by atoms with van der Waals surface area (Å²) < 4.78 is 28.2. The highest BCUT2D eigenvalue weighted by atomic mass is 32.2. The van der Waals surface area contributed by atoms with Gasteiger partial charge in [0, 0.05) is 25.7 Å². The SMILES string of the molecule is CCN(c1ccccc1)S(=O)(=O)c1cc(C(=O)N(C)Cc2ccccc2)ccc1C. The lowest BCUT2D eigenvalue weighted by Gasteiger charge is -2.24. The van der Waals surface area contributed by atoms with E-state index in [1.807, 2.05) is 36.4 Å². The molecule has 0 aliphatic heterocycles. The molecule has 0 saturated carbocycles. The van der Waals surface area contributed by atoms with Gasteiger partial charge in [0.2, 0.25) is 0 Å². The van der Waals surface area contributed by atoms with Crippen molar-refractivity contribution in [3.05, 3.63) is 95.6 Å². The molecule has 0 atom stereocenters. The number of aryl methyl sites for hydroxylation is 1. The summed E-state index contributed by atoms with van der Waals surface area (Å²) in [6.45, 7) is 4.27. The maximum absolute atomic E-state index is 13.4. The van der Waals surface area contributed by atoms with Crippen molar-refractivity contribution in [2.24, 2.45) is 0 Å². The van der Waals surface area contributed by atoms with E-state index in [9.17, 15) is 13.2 Å². The molecule has 5 nitrogen and oxygen atoms in total. The molecule has 0 radical (unpaired) electrons. The zero-order valence-corrected chi connectivity index (χ0v) is 18.3. The number of anilines is 1. The van der Waals surface area contributed by atoms with Gasteiger partial charge in [0.1, 0.15) is 0 Å². The summed E-state index contributed by atoms with van der Waals surface area (Å²) in [4.78, 5) is 14.7. The molecule has 3 aromatic carbocycles. The second kappa shape index (κ2) is 9.13. The van der Waals surface area contributed by atoms with E-state index in [0.29, 0.717) is 23.4 Å². The summed E-state index contributed by atoms with van der Waals surface area (Å²) in [7, 11) is -2.10. The smallest absolute Gasteiger partial charge is 0.264 e. The average molecular weight is 423 g/mol. The van der Waals surface area contributed by atoms with Crippen LogP contribution in [0.15, 0.2) is 83.8 Å². The number of hydrogen-bond donors (Lipinski definition) is 0. The van der Waals surface area contributed by atoms with Crippen molar-refractivity contribution in [1.29, 1.82) is 0 Å². The summed E-state index contributed by atoms with van der Waals surface area (Å²) in [5.41, 5.74) is 2.56. The van der Waals surface area contributed by atoms with Crippen LogP contribution < -0.4 is 4.31 Å². The van der Waals surface area contributed by atoms with E-state index in [4.69, 9.17) is 0 Å². The second-order valence-corrected chi connectivity index (χ2v) is 8.96. The minimum atomic E-state index is -3.81. The minimum Gasteiger partial charge on any atom is -0.337 e. The van der Waals surface area contributed by atoms with Crippen molar-refractivity contribution >= 4 is 21.6 Å². The van der Waals surface area contributed by atoms with Crippen LogP contribution in [0.3, 0.4) is 0 Å². The lowest BCUT2D eigenvalue weighted by Crippen LogP contribution is -2.32. The quantitative estimate of drug-likeness (QED) is 0.564. The first kappa shape index (κ1) is 21.6. The standard InChI is InChI=1S/C24H26N2O3S/c1-4-26(22-13-9-6-10-14-22)30(28,29)23-17-21(16-15-19(23)2)24(27)25(3)18-20-11-7-5-8-12-20/h5-17H,4,18H2,1-3H3. The first-order valence-corrected chi connectivity index (χ1v) is 11.3. The first-order valence-electron chi connectivity index (χ1n) is 9.82. The Morgan fingerprint density at radius 3 is 2.10 bits per heavy atom. The number of hydrogen-bond acceptors (Lipinski definition) is 3. The molecule has 156 valence electrons. The highest BCUT2D eigenvalue weighted by molar-refractivity contribution is 7.92. The number of para-hydroxylation sites is 1. The zero-order chi connectivity index (χ0) is 21.7. The monoisotopic (exact) mass is 422 g/mol. The van der Waals surface area contributed by atoms with E-state index in [2.05, 4.69) is 0 Å². The third-order valence-electron chi connectivity index (χ3n) is 4.94. The Kier molecular flexibility index (Phi) is 6.57. The molecule has 0 saturated heterocycles. The lowest BCUT2D eigenvalue weighted by molar-refractivity contribution is 0.0785. The Balaban J connectivity index is 1.93. The highest BCUT2D eigenvalue weighted by Crippen LogP contribution is 2.26. The average Bonchev–Trinajstić information content (AvgIpc) is 2.75. The van der Waals surface area contributed by atoms with E-state index in [0.717, 1.165) is 5.56 Å². The van der Waals surface area contributed by atoms with Crippen molar-refractivity contribution in [2.75, 3.05) is 17.9 Å². The van der Waals surface area contributed by atoms with Gasteiger partial charge in [-0.25, -0.2) is 8.42 Å². The Morgan fingerprint density at radius 2 is 1.50 bits per heavy atom. The Labute approximate surface area is 178 Å². The van der Waals surface area contributed by atoms with Crippen LogP contribution in [-0.4, -0.2) is 32.8 Å². The van der Waals surface area contributed by atoms with Gasteiger partial charge in [0.15, 0.2) is 0 Å². The third-order valence-corrected chi connectivity index (χ3v) is 6.99. The molecule has 3 rings (SSSR count). The summed E-state index contributed by atoms with van der Waals surface area (Å²) in [5, 5.41) is 0. The molecule has 0 aliphatic carbocycles. The van der Waals surface area contributed by atoms with Gasteiger partial charge in [0.25, 0.3) is 15.9 Å². The molecule has 0 aromatic heterocycles. The van der Waals surface area contributed by atoms with Gasteiger partial charge in [-0.1, -0.05) is 54.6 Å². The first-order chi connectivity index (χ1) is 14.3. The molecule has 0 spiro atoms. The molecule has 0 fully saturated rings. The predicted molar refractivity (Wildman–Crippen MR) is 120 cm³/mol. The number of amides is 1. The van der Waals surface area contributed by atoms with Crippen molar-refractivity contribution in [2.45, 2.75) is 25.3 Å². The second-order valence-electron chi connectivity index (χ2n) is 7.13. The molecule has 3 aromatic rings. The summed E-state index contributed by atoms with van der Waals surface area (Å²) in [5.74, 6) is -0.224.